The number of benzene rings is 1. The van der Waals surface area contributed by atoms with E-state index in [4.69, 9.17) is 0 Å². The molecule has 5 heteroatoms. The lowest BCUT2D eigenvalue weighted by Crippen LogP contribution is -2.22. The highest BCUT2D eigenvalue weighted by Gasteiger charge is 2.07. The first kappa shape index (κ1) is 16.5. The van der Waals surface area contributed by atoms with Gasteiger partial charge in [-0.15, -0.1) is 0 Å². The quantitative estimate of drug-likeness (QED) is 0.849. The molecule has 4 nitrogen and oxygen atoms in total. The van der Waals surface area contributed by atoms with E-state index in [2.05, 4.69) is 45.0 Å². The molecule has 1 aromatic heterocycles. The van der Waals surface area contributed by atoms with Gasteiger partial charge < -0.3 is 10.2 Å². The number of anilines is 2. The number of halogens is 1. The fourth-order valence-corrected chi connectivity index (χ4v) is 2.70. The third-order valence-electron chi connectivity index (χ3n) is 3.40. The van der Waals surface area contributed by atoms with Crippen LogP contribution in [-0.4, -0.2) is 24.0 Å². The lowest BCUT2D eigenvalue weighted by atomic mass is 10.1. The Bertz CT molecular complexity index is 624. The van der Waals surface area contributed by atoms with Crippen LogP contribution in [-0.2, 0) is 11.2 Å². The average molecular weight is 362 g/mol. The number of pyridine rings is 1. The number of nitrogens with zero attached hydrogens (tertiary/aromatic N) is 2. The Hall–Kier alpha value is -1.88. The molecule has 1 amide bonds. The Balaban J connectivity index is 1.97. The van der Waals surface area contributed by atoms with E-state index >= 15 is 0 Å². The van der Waals surface area contributed by atoms with E-state index in [0.717, 1.165) is 28.8 Å². The fourth-order valence-electron chi connectivity index (χ4n) is 2.26. The van der Waals surface area contributed by atoms with Gasteiger partial charge >= 0.3 is 0 Å². The average Bonchev–Trinajstić information content (AvgIpc) is 2.50. The molecule has 0 bridgehead atoms. The normalized spacial score (nSPS) is 10.3. The highest BCUT2D eigenvalue weighted by molar-refractivity contribution is 9.10. The molecule has 0 radical (unpaired) electrons. The van der Waals surface area contributed by atoms with Crippen molar-refractivity contribution >= 4 is 33.3 Å². The van der Waals surface area contributed by atoms with Gasteiger partial charge in [-0.2, -0.15) is 0 Å². The summed E-state index contributed by atoms with van der Waals surface area (Å²) < 4.78 is 0.972. The van der Waals surface area contributed by atoms with Gasteiger partial charge in [-0.05, 0) is 43.7 Å². The molecule has 0 aliphatic heterocycles. The van der Waals surface area contributed by atoms with Crippen LogP contribution in [0.15, 0.2) is 47.1 Å². The maximum atomic E-state index is 12.0. The van der Waals surface area contributed by atoms with Crippen molar-refractivity contribution in [3.8, 4) is 0 Å². The Kier molecular flexibility index (Phi) is 5.95. The highest BCUT2D eigenvalue weighted by atomic mass is 79.9. The maximum Gasteiger partial charge on any atom is 0.229 e. The number of hydrogen-bond acceptors (Lipinski definition) is 3. The molecule has 0 saturated heterocycles. The summed E-state index contributed by atoms with van der Waals surface area (Å²) in [5.74, 6) is 0.511. The van der Waals surface area contributed by atoms with Crippen LogP contribution in [0.5, 0.6) is 0 Å². The van der Waals surface area contributed by atoms with Crippen molar-refractivity contribution in [2.45, 2.75) is 20.3 Å². The molecule has 116 valence electrons. The van der Waals surface area contributed by atoms with Crippen LogP contribution in [0, 0.1) is 0 Å². The summed E-state index contributed by atoms with van der Waals surface area (Å²) in [6.07, 6.45) is 2.13. The van der Waals surface area contributed by atoms with Crippen molar-refractivity contribution in [2.24, 2.45) is 0 Å². The Morgan fingerprint density at radius 1 is 1.23 bits per heavy atom. The van der Waals surface area contributed by atoms with Crippen LogP contribution in [0.1, 0.15) is 19.4 Å². The van der Waals surface area contributed by atoms with Gasteiger partial charge in [0.15, 0.2) is 0 Å². The van der Waals surface area contributed by atoms with Crippen LogP contribution >= 0.6 is 15.9 Å². The van der Waals surface area contributed by atoms with Crippen molar-refractivity contribution in [2.75, 3.05) is 23.3 Å². The van der Waals surface area contributed by atoms with Gasteiger partial charge in [-0.25, -0.2) is 4.98 Å². The maximum absolute atomic E-state index is 12.0. The number of hydrogen-bond donors (Lipinski definition) is 1. The number of amides is 1. The summed E-state index contributed by atoms with van der Waals surface area (Å²) in [4.78, 5) is 18.6. The molecule has 2 aromatic rings. The Morgan fingerprint density at radius 3 is 2.59 bits per heavy atom. The van der Waals surface area contributed by atoms with E-state index in [1.807, 2.05) is 36.4 Å². The molecule has 22 heavy (non-hydrogen) atoms. The van der Waals surface area contributed by atoms with Crippen molar-refractivity contribution in [1.29, 1.82) is 0 Å². The van der Waals surface area contributed by atoms with Gasteiger partial charge in [0, 0.05) is 17.6 Å². The van der Waals surface area contributed by atoms with E-state index < -0.39 is 0 Å². The second kappa shape index (κ2) is 7.94. The summed E-state index contributed by atoms with van der Waals surface area (Å²) in [5.41, 5.74) is 2.03. The van der Waals surface area contributed by atoms with Gasteiger partial charge in [0.1, 0.15) is 5.82 Å². The summed E-state index contributed by atoms with van der Waals surface area (Å²) >= 11 is 3.41. The monoisotopic (exact) mass is 361 g/mol. The van der Waals surface area contributed by atoms with Gasteiger partial charge in [-0.1, -0.05) is 28.1 Å². The number of aromatic nitrogens is 1. The summed E-state index contributed by atoms with van der Waals surface area (Å²) in [6.45, 7) is 6.09. The zero-order chi connectivity index (χ0) is 15.9. The van der Waals surface area contributed by atoms with Crippen LogP contribution in [0.25, 0.3) is 0 Å². The molecule has 0 saturated carbocycles. The molecule has 0 aliphatic carbocycles. The van der Waals surface area contributed by atoms with Crippen molar-refractivity contribution in [3.63, 3.8) is 0 Å². The Morgan fingerprint density at radius 2 is 2.00 bits per heavy atom. The minimum absolute atomic E-state index is 0.0683. The molecule has 0 aliphatic rings. The molecule has 2 rings (SSSR count). The standard InChI is InChI=1S/C17H20BrN3O/c1-3-21(4-2)15-8-9-16(19-12-15)20-17(22)11-13-6-5-7-14(18)10-13/h5-10,12H,3-4,11H2,1-2H3,(H,19,20,22). The predicted octanol–water partition coefficient (Wildman–Crippen LogP) is 3.87. The SMILES string of the molecule is CCN(CC)c1ccc(NC(=O)Cc2cccc(Br)c2)nc1. The van der Waals surface area contributed by atoms with Gasteiger partial charge in [0.2, 0.25) is 5.91 Å². The molecule has 0 atom stereocenters. The van der Waals surface area contributed by atoms with Crippen LogP contribution in [0.4, 0.5) is 11.5 Å². The minimum Gasteiger partial charge on any atom is -0.371 e. The van der Waals surface area contributed by atoms with E-state index in [9.17, 15) is 4.79 Å². The first-order valence-corrected chi connectivity index (χ1v) is 8.17. The van der Waals surface area contributed by atoms with Crippen LogP contribution in [0.3, 0.4) is 0 Å². The second-order valence-corrected chi connectivity index (χ2v) is 5.84. The molecular weight excluding hydrogens is 342 g/mol. The molecular formula is C17H20BrN3O. The number of rotatable bonds is 6. The predicted molar refractivity (Wildman–Crippen MR) is 94.3 cm³/mol. The number of carbonyl (C=O) groups excluding carboxylic acids is 1. The lowest BCUT2D eigenvalue weighted by molar-refractivity contribution is -0.115. The molecule has 1 aromatic carbocycles. The van der Waals surface area contributed by atoms with Crippen LogP contribution < -0.4 is 10.2 Å². The third kappa shape index (κ3) is 4.56. The van der Waals surface area contributed by atoms with Crippen molar-refractivity contribution in [3.05, 3.63) is 52.6 Å². The van der Waals surface area contributed by atoms with E-state index in [0.29, 0.717) is 12.2 Å². The Labute approximate surface area is 139 Å². The van der Waals surface area contributed by atoms with Gasteiger partial charge in [0.05, 0.1) is 18.3 Å². The summed E-state index contributed by atoms with van der Waals surface area (Å²) in [6, 6.07) is 11.6. The van der Waals surface area contributed by atoms with Crippen LogP contribution in [0.2, 0.25) is 0 Å². The molecule has 0 unspecified atom stereocenters. The first-order valence-electron chi connectivity index (χ1n) is 7.37. The zero-order valence-electron chi connectivity index (χ0n) is 12.8. The fraction of sp³-hybridized carbons (Fsp3) is 0.294. The van der Waals surface area contributed by atoms with Gasteiger partial charge in [-0.3, -0.25) is 4.79 Å². The summed E-state index contributed by atoms with van der Waals surface area (Å²) in [5, 5.41) is 2.83. The smallest absolute Gasteiger partial charge is 0.229 e. The first-order chi connectivity index (χ1) is 10.6. The molecule has 1 heterocycles. The van der Waals surface area contributed by atoms with E-state index in [-0.39, 0.29) is 5.91 Å². The topological polar surface area (TPSA) is 45.2 Å². The van der Waals surface area contributed by atoms with Crippen molar-refractivity contribution < 1.29 is 4.79 Å². The largest absolute Gasteiger partial charge is 0.371 e. The number of carbonyl (C=O) groups is 1. The van der Waals surface area contributed by atoms with E-state index in [1.165, 1.54) is 0 Å². The molecule has 0 fully saturated rings. The van der Waals surface area contributed by atoms with Gasteiger partial charge in [0.25, 0.3) is 0 Å². The molecule has 1 N–H and O–H groups in total. The highest BCUT2D eigenvalue weighted by Crippen LogP contribution is 2.16. The second-order valence-electron chi connectivity index (χ2n) is 4.93. The van der Waals surface area contributed by atoms with E-state index in [1.54, 1.807) is 6.20 Å². The zero-order valence-corrected chi connectivity index (χ0v) is 14.4. The number of nitrogens with one attached hydrogen (secondary N) is 1. The molecule has 0 spiro atoms. The lowest BCUT2D eigenvalue weighted by Gasteiger charge is -2.20. The van der Waals surface area contributed by atoms with Crippen molar-refractivity contribution in [1.82, 2.24) is 4.98 Å². The third-order valence-corrected chi connectivity index (χ3v) is 3.89. The minimum atomic E-state index is -0.0683. The summed E-state index contributed by atoms with van der Waals surface area (Å²) in [7, 11) is 0.